The summed E-state index contributed by atoms with van der Waals surface area (Å²) in [5, 5.41) is 0. The largest absolute Gasteiger partial charge is 0.493 e. The number of benzene rings is 1. The molecule has 1 aliphatic heterocycles. The molecule has 0 atom stereocenters. The highest BCUT2D eigenvalue weighted by Crippen LogP contribution is 2.29. The van der Waals surface area contributed by atoms with Gasteiger partial charge in [-0.05, 0) is 44.9 Å². The van der Waals surface area contributed by atoms with Crippen molar-refractivity contribution in [3.63, 3.8) is 0 Å². The maximum Gasteiger partial charge on any atom is 0.269 e. The van der Waals surface area contributed by atoms with Crippen molar-refractivity contribution >= 4 is 21.8 Å². The number of carbonyl (C=O) groups is 2. The van der Waals surface area contributed by atoms with Crippen LogP contribution in [0.1, 0.15) is 37.0 Å². The molecule has 10 heteroatoms. The summed E-state index contributed by atoms with van der Waals surface area (Å²) in [7, 11) is -1.76. The van der Waals surface area contributed by atoms with Crippen LogP contribution in [0.15, 0.2) is 18.2 Å². The predicted octanol–water partition coefficient (Wildman–Crippen LogP) is 0.915. The number of hydrazine groups is 1. The second-order valence-corrected chi connectivity index (χ2v) is 8.89. The lowest BCUT2D eigenvalue weighted by atomic mass is 9.98. The molecule has 1 aliphatic rings. The molecule has 1 fully saturated rings. The molecule has 2 N–H and O–H groups in total. The van der Waals surface area contributed by atoms with Crippen LogP contribution in [0, 0.1) is 5.92 Å². The van der Waals surface area contributed by atoms with Crippen LogP contribution in [0.2, 0.25) is 0 Å². The number of sulfonamides is 1. The molecule has 1 saturated heterocycles. The molecule has 1 heterocycles. The fraction of sp³-hybridized carbons (Fsp3) is 0.556. The predicted molar refractivity (Wildman–Crippen MR) is 104 cm³/mol. The van der Waals surface area contributed by atoms with Crippen molar-refractivity contribution in [2.75, 3.05) is 26.5 Å². The van der Waals surface area contributed by atoms with Crippen LogP contribution in [0.5, 0.6) is 11.5 Å². The minimum absolute atomic E-state index is 0.0398. The number of piperidine rings is 1. The monoisotopic (exact) mass is 413 g/mol. The van der Waals surface area contributed by atoms with E-state index < -0.39 is 15.9 Å². The Morgan fingerprint density at radius 2 is 1.79 bits per heavy atom. The number of hydrogen-bond donors (Lipinski definition) is 2. The zero-order valence-corrected chi connectivity index (χ0v) is 17.3. The Balaban J connectivity index is 1.91. The molecule has 0 spiro atoms. The summed E-state index contributed by atoms with van der Waals surface area (Å²) < 4.78 is 35.2. The molecular weight excluding hydrogens is 386 g/mol. The highest BCUT2D eigenvalue weighted by atomic mass is 32.2. The smallest absolute Gasteiger partial charge is 0.269 e. The van der Waals surface area contributed by atoms with Crippen molar-refractivity contribution < 1.29 is 27.5 Å². The van der Waals surface area contributed by atoms with Gasteiger partial charge in [-0.15, -0.1) is 0 Å². The number of rotatable bonds is 6. The van der Waals surface area contributed by atoms with E-state index in [0.717, 1.165) is 6.26 Å². The Bertz CT molecular complexity index is 817. The SMILES string of the molecule is COc1cc(C(=O)NNC(=O)C2CCN(S(C)(=O)=O)CC2)ccc1OC(C)C. The molecule has 0 aliphatic carbocycles. The minimum atomic E-state index is -3.24. The molecule has 0 unspecified atom stereocenters. The normalized spacial score (nSPS) is 15.9. The highest BCUT2D eigenvalue weighted by molar-refractivity contribution is 7.88. The van der Waals surface area contributed by atoms with Crippen LogP contribution >= 0.6 is 0 Å². The van der Waals surface area contributed by atoms with Gasteiger partial charge in [-0.3, -0.25) is 20.4 Å². The van der Waals surface area contributed by atoms with E-state index in [1.165, 1.54) is 17.5 Å². The third kappa shape index (κ3) is 5.83. The van der Waals surface area contributed by atoms with Crippen molar-refractivity contribution in [2.24, 2.45) is 5.92 Å². The fourth-order valence-electron chi connectivity index (χ4n) is 2.90. The number of carbonyl (C=O) groups excluding carboxylic acids is 2. The van der Waals surface area contributed by atoms with Gasteiger partial charge in [-0.25, -0.2) is 12.7 Å². The van der Waals surface area contributed by atoms with Gasteiger partial charge in [0.05, 0.1) is 19.5 Å². The molecule has 0 aromatic heterocycles. The molecule has 2 rings (SSSR count). The Labute approximate surface area is 165 Å². The van der Waals surface area contributed by atoms with Crippen molar-refractivity contribution in [3.05, 3.63) is 23.8 Å². The van der Waals surface area contributed by atoms with Crippen LogP contribution in [-0.2, 0) is 14.8 Å². The van der Waals surface area contributed by atoms with Crippen LogP contribution in [0.4, 0.5) is 0 Å². The van der Waals surface area contributed by atoms with Gasteiger partial charge in [-0.2, -0.15) is 0 Å². The lowest BCUT2D eigenvalue weighted by Gasteiger charge is -2.29. The first-order chi connectivity index (χ1) is 13.1. The van der Waals surface area contributed by atoms with Crippen molar-refractivity contribution in [2.45, 2.75) is 32.8 Å². The Kier molecular flexibility index (Phi) is 7.25. The summed E-state index contributed by atoms with van der Waals surface area (Å²) in [4.78, 5) is 24.6. The molecule has 9 nitrogen and oxygen atoms in total. The molecule has 0 radical (unpaired) electrons. The van der Waals surface area contributed by atoms with E-state index in [1.807, 2.05) is 13.8 Å². The van der Waals surface area contributed by atoms with Crippen LogP contribution < -0.4 is 20.3 Å². The van der Waals surface area contributed by atoms with Gasteiger partial charge in [0.1, 0.15) is 0 Å². The van der Waals surface area contributed by atoms with E-state index in [0.29, 0.717) is 43.0 Å². The van der Waals surface area contributed by atoms with E-state index in [4.69, 9.17) is 9.47 Å². The number of nitrogens with one attached hydrogen (secondary N) is 2. The first-order valence-electron chi connectivity index (χ1n) is 9.01. The van der Waals surface area contributed by atoms with Gasteiger partial charge in [0.25, 0.3) is 5.91 Å². The van der Waals surface area contributed by atoms with E-state index >= 15 is 0 Å². The van der Waals surface area contributed by atoms with Crippen molar-refractivity contribution in [1.82, 2.24) is 15.2 Å². The van der Waals surface area contributed by atoms with Crippen molar-refractivity contribution in [3.8, 4) is 11.5 Å². The number of nitrogens with zero attached hydrogens (tertiary/aromatic N) is 1. The van der Waals surface area contributed by atoms with E-state index in [1.54, 1.807) is 12.1 Å². The summed E-state index contributed by atoms with van der Waals surface area (Å²) in [6, 6.07) is 4.74. The van der Waals surface area contributed by atoms with E-state index in [-0.39, 0.29) is 17.9 Å². The molecule has 0 bridgehead atoms. The van der Waals surface area contributed by atoms with Crippen LogP contribution in [-0.4, -0.2) is 57.1 Å². The molecule has 28 heavy (non-hydrogen) atoms. The summed E-state index contributed by atoms with van der Waals surface area (Å²) in [6.45, 7) is 4.35. The molecule has 1 aromatic carbocycles. The standard InChI is InChI=1S/C18H27N3O6S/c1-12(2)27-15-6-5-14(11-16(15)26-3)18(23)20-19-17(22)13-7-9-21(10-8-13)28(4,24)25/h5-6,11-13H,7-10H2,1-4H3,(H,19,22)(H,20,23). The summed E-state index contributed by atoms with van der Waals surface area (Å²) in [5.74, 6) is -0.240. The number of ether oxygens (including phenoxy) is 2. The van der Waals surface area contributed by atoms with E-state index in [9.17, 15) is 18.0 Å². The van der Waals surface area contributed by atoms with Gasteiger partial charge in [-0.1, -0.05) is 0 Å². The maximum absolute atomic E-state index is 12.3. The van der Waals surface area contributed by atoms with Gasteiger partial charge in [0, 0.05) is 24.6 Å². The van der Waals surface area contributed by atoms with Crippen molar-refractivity contribution in [1.29, 1.82) is 0 Å². The summed E-state index contributed by atoms with van der Waals surface area (Å²) >= 11 is 0. The van der Waals surface area contributed by atoms with Gasteiger partial charge in [0.15, 0.2) is 11.5 Å². The van der Waals surface area contributed by atoms with Gasteiger partial charge in [0.2, 0.25) is 15.9 Å². The Morgan fingerprint density at radius 3 is 2.32 bits per heavy atom. The molecule has 0 saturated carbocycles. The topological polar surface area (TPSA) is 114 Å². The molecular formula is C18H27N3O6S. The van der Waals surface area contributed by atoms with Gasteiger partial charge < -0.3 is 9.47 Å². The zero-order valence-electron chi connectivity index (χ0n) is 16.5. The number of amides is 2. The number of hydrogen-bond acceptors (Lipinski definition) is 6. The minimum Gasteiger partial charge on any atom is -0.493 e. The fourth-order valence-corrected chi connectivity index (χ4v) is 3.78. The lowest BCUT2D eigenvalue weighted by Crippen LogP contribution is -2.48. The third-order valence-corrected chi connectivity index (χ3v) is 5.68. The van der Waals surface area contributed by atoms with Crippen LogP contribution in [0.25, 0.3) is 0 Å². The first-order valence-corrected chi connectivity index (χ1v) is 10.9. The quantitative estimate of drug-likeness (QED) is 0.670. The Hall–Kier alpha value is -2.33. The molecule has 1 aromatic rings. The molecule has 156 valence electrons. The molecule has 2 amide bonds. The third-order valence-electron chi connectivity index (χ3n) is 4.38. The highest BCUT2D eigenvalue weighted by Gasteiger charge is 2.29. The zero-order chi connectivity index (χ0) is 20.9. The van der Waals surface area contributed by atoms with Gasteiger partial charge >= 0.3 is 0 Å². The Morgan fingerprint density at radius 1 is 1.14 bits per heavy atom. The number of methoxy groups -OCH3 is 1. The lowest BCUT2D eigenvalue weighted by molar-refractivity contribution is -0.126. The maximum atomic E-state index is 12.3. The average molecular weight is 413 g/mol. The van der Waals surface area contributed by atoms with E-state index in [2.05, 4.69) is 10.9 Å². The second kappa shape index (κ2) is 9.24. The summed E-state index contributed by atoms with van der Waals surface area (Å²) in [6.07, 6.45) is 1.93. The summed E-state index contributed by atoms with van der Waals surface area (Å²) in [5.41, 5.74) is 5.10. The van der Waals surface area contributed by atoms with Crippen LogP contribution in [0.3, 0.4) is 0 Å². The first kappa shape index (κ1) is 22.0. The average Bonchev–Trinajstić information content (AvgIpc) is 2.65. The second-order valence-electron chi connectivity index (χ2n) is 6.91.